The number of anilines is 2. The van der Waals surface area contributed by atoms with Crippen molar-refractivity contribution in [2.24, 2.45) is 0 Å². The molecular weight excluding hydrogens is 188 g/mol. The van der Waals surface area contributed by atoms with E-state index in [4.69, 9.17) is 16.2 Å². The molecule has 4 N–H and O–H groups in total. The lowest BCUT2D eigenvalue weighted by molar-refractivity contribution is 0.342. The molecule has 0 aliphatic rings. The standard InChI is InChI=1S/C9H14N2O.ClH/c1-3-12-9-4-6(2)7(10)5-8(9)11;/h4-5H,3,10-11H2,1-2H3;1H. The van der Waals surface area contributed by atoms with Gasteiger partial charge in [0.05, 0.1) is 12.3 Å². The number of benzene rings is 1. The van der Waals surface area contributed by atoms with Crippen molar-refractivity contribution < 1.29 is 4.74 Å². The fraction of sp³-hybridized carbons (Fsp3) is 0.333. The van der Waals surface area contributed by atoms with E-state index in [-0.39, 0.29) is 12.4 Å². The van der Waals surface area contributed by atoms with Gasteiger partial charge in [0.2, 0.25) is 0 Å². The van der Waals surface area contributed by atoms with Crippen molar-refractivity contribution in [3.8, 4) is 5.75 Å². The van der Waals surface area contributed by atoms with Crippen LogP contribution in [-0.2, 0) is 0 Å². The second-order valence-electron chi connectivity index (χ2n) is 2.68. The van der Waals surface area contributed by atoms with Gasteiger partial charge in [-0.2, -0.15) is 0 Å². The number of aryl methyl sites for hydroxylation is 1. The Hall–Kier alpha value is -1.09. The molecule has 0 aromatic heterocycles. The Labute approximate surface area is 84.5 Å². The first kappa shape index (κ1) is 11.9. The van der Waals surface area contributed by atoms with Crippen LogP contribution in [0.2, 0.25) is 0 Å². The third-order valence-corrected chi connectivity index (χ3v) is 1.70. The maximum Gasteiger partial charge on any atom is 0.142 e. The maximum atomic E-state index is 5.67. The second-order valence-corrected chi connectivity index (χ2v) is 2.68. The summed E-state index contributed by atoms with van der Waals surface area (Å²) in [6, 6.07) is 3.58. The van der Waals surface area contributed by atoms with Gasteiger partial charge in [-0.1, -0.05) is 0 Å². The van der Waals surface area contributed by atoms with Gasteiger partial charge in [-0.25, -0.2) is 0 Å². The first-order chi connectivity index (χ1) is 5.65. The van der Waals surface area contributed by atoms with Crippen molar-refractivity contribution >= 4 is 23.8 Å². The van der Waals surface area contributed by atoms with E-state index in [1.54, 1.807) is 6.07 Å². The molecule has 0 unspecified atom stereocenters. The van der Waals surface area contributed by atoms with Crippen molar-refractivity contribution in [2.45, 2.75) is 13.8 Å². The molecule has 0 radical (unpaired) electrons. The zero-order valence-electron chi connectivity index (χ0n) is 7.83. The Bertz CT molecular complexity index is 289. The molecule has 0 saturated carbocycles. The van der Waals surface area contributed by atoms with Gasteiger partial charge in [0.15, 0.2) is 0 Å². The van der Waals surface area contributed by atoms with Gasteiger partial charge in [-0.15, -0.1) is 12.4 Å². The lowest BCUT2D eigenvalue weighted by Gasteiger charge is -2.09. The minimum absolute atomic E-state index is 0. The Morgan fingerprint density at radius 2 is 1.85 bits per heavy atom. The molecule has 0 amide bonds. The maximum absolute atomic E-state index is 5.67. The minimum atomic E-state index is 0. The minimum Gasteiger partial charge on any atom is -0.492 e. The molecule has 0 heterocycles. The Morgan fingerprint density at radius 3 is 2.38 bits per heavy atom. The van der Waals surface area contributed by atoms with Crippen molar-refractivity contribution in [2.75, 3.05) is 18.1 Å². The Kier molecular flexibility index (Phi) is 4.42. The number of nitrogen functional groups attached to an aromatic ring is 2. The van der Waals surface area contributed by atoms with Gasteiger partial charge in [-0.3, -0.25) is 0 Å². The lowest BCUT2D eigenvalue weighted by Crippen LogP contribution is -1.99. The monoisotopic (exact) mass is 202 g/mol. The average Bonchev–Trinajstić information content (AvgIpc) is 2.01. The van der Waals surface area contributed by atoms with Crippen LogP contribution >= 0.6 is 12.4 Å². The molecule has 1 aromatic rings. The number of rotatable bonds is 2. The van der Waals surface area contributed by atoms with E-state index in [1.165, 1.54) is 0 Å². The SMILES string of the molecule is CCOc1cc(C)c(N)cc1N.Cl. The molecule has 0 aliphatic heterocycles. The molecule has 0 spiro atoms. The van der Waals surface area contributed by atoms with Gasteiger partial charge >= 0.3 is 0 Å². The highest BCUT2D eigenvalue weighted by Crippen LogP contribution is 2.26. The highest BCUT2D eigenvalue weighted by atomic mass is 35.5. The van der Waals surface area contributed by atoms with E-state index in [0.29, 0.717) is 23.7 Å². The number of hydrogen-bond acceptors (Lipinski definition) is 3. The van der Waals surface area contributed by atoms with Gasteiger partial charge < -0.3 is 16.2 Å². The summed E-state index contributed by atoms with van der Waals surface area (Å²) in [5.74, 6) is 0.712. The molecule has 0 bridgehead atoms. The molecule has 0 saturated heterocycles. The zero-order chi connectivity index (χ0) is 9.14. The van der Waals surface area contributed by atoms with Crippen LogP contribution in [0.4, 0.5) is 11.4 Å². The largest absolute Gasteiger partial charge is 0.492 e. The van der Waals surface area contributed by atoms with Crippen molar-refractivity contribution in [1.29, 1.82) is 0 Å². The molecule has 13 heavy (non-hydrogen) atoms. The number of nitrogens with two attached hydrogens (primary N) is 2. The third-order valence-electron chi connectivity index (χ3n) is 1.70. The fourth-order valence-corrected chi connectivity index (χ4v) is 0.996. The summed E-state index contributed by atoms with van der Waals surface area (Å²) in [5.41, 5.74) is 13.6. The van der Waals surface area contributed by atoms with Crippen LogP contribution in [0.25, 0.3) is 0 Å². The topological polar surface area (TPSA) is 61.3 Å². The van der Waals surface area contributed by atoms with E-state index < -0.39 is 0 Å². The predicted molar refractivity (Wildman–Crippen MR) is 58.4 cm³/mol. The van der Waals surface area contributed by atoms with Gasteiger partial charge in [0, 0.05) is 5.69 Å². The van der Waals surface area contributed by atoms with E-state index in [0.717, 1.165) is 5.56 Å². The molecular formula is C9H15ClN2O. The summed E-state index contributed by atoms with van der Waals surface area (Å²) in [6.45, 7) is 4.47. The third kappa shape index (κ3) is 2.70. The van der Waals surface area contributed by atoms with Crippen molar-refractivity contribution in [1.82, 2.24) is 0 Å². The molecule has 0 atom stereocenters. The van der Waals surface area contributed by atoms with E-state index in [9.17, 15) is 0 Å². The molecule has 1 rings (SSSR count). The van der Waals surface area contributed by atoms with Crippen molar-refractivity contribution in [3.63, 3.8) is 0 Å². The lowest BCUT2D eigenvalue weighted by atomic mass is 10.2. The number of halogens is 1. The molecule has 74 valence electrons. The molecule has 3 nitrogen and oxygen atoms in total. The zero-order valence-corrected chi connectivity index (χ0v) is 8.65. The Balaban J connectivity index is 0.00000144. The summed E-state index contributed by atoms with van der Waals surface area (Å²) >= 11 is 0. The first-order valence-corrected chi connectivity index (χ1v) is 3.93. The van der Waals surface area contributed by atoms with Crippen LogP contribution in [-0.4, -0.2) is 6.61 Å². The summed E-state index contributed by atoms with van der Waals surface area (Å²) in [5, 5.41) is 0. The normalized spacial score (nSPS) is 9.08. The van der Waals surface area contributed by atoms with Crippen LogP contribution in [0.5, 0.6) is 5.75 Å². The first-order valence-electron chi connectivity index (χ1n) is 3.93. The molecule has 0 aliphatic carbocycles. The van der Waals surface area contributed by atoms with Gasteiger partial charge in [0.1, 0.15) is 5.75 Å². The quantitative estimate of drug-likeness (QED) is 0.721. The Morgan fingerprint density at radius 1 is 1.23 bits per heavy atom. The fourth-order valence-electron chi connectivity index (χ4n) is 0.996. The van der Waals surface area contributed by atoms with E-state index >= 15 is 0 Å². The summed E-state index contributed by atoms with van der Waals surface area (Å²) < 4.78 is 5.29. The molecule has 4 heteroatoms. The number of ether oxygens (including phenoxy) is 1. The predicted octanol–water partition coefficient (Wildman–Crippen LogP) is 1.98. The van der Waals surface area contributed by atoms with E-state index in [2.05, 4.69) is 0 Å². The summed E-state index contributed by atoms with van der Waals surface area (Å²) in [4.78, 5) is 0. The molecule has 1 aromatic carbocycles. The molecule has 0 fully saturated rings. The number of hydrogen-bond donors (Lipinski definition) is 2. The van der Waals surface area contributed by atoms with Crippen LogP contribution in [0.15, 0.2) is 12.1 Å². The van der Waals surface area contributed by atoms with Crippen molar-refractivity contribution in [3.05, 3.63) is 17.7 Å². The van der Waals surface area contributed by atoms with Crippen LogP contribution in [0, 0.1) is 6.92 Å². The summed E-state index contributed by atoms with van der Waals surface area (Å²) in [6.07, 6.45) is 0. The van der Waals surface area contributed by atoms with Crippen LogP contribution in [0.1, 0.15) is 12.5 Å². The highest BCUT2D eigenvalue weighted by molar-refractivity contribution is 5.85. The highest BCUT2D eigenvalue weighted by Gasteiger charge is 2.02. The van der Waals surface area contributed by atoms with Gasteiger partial charge in [-0.05, 0) is 31.5 Å². The van der Waals surface area contributed by atoms with Crippen LogP contribution in [0.3, 0.4) is 0 Å². The van der Waals surface area contributed by atoms with E-state index in [1.807, 2.05) is 19.9 Å². The van der Waals surface area contributed by atoms with Gasteiger partial charge in [0.25, 0.3) is 0 Å². The van der Waals surface area contributed by atoms with Crippen LogP contribution < -0.4 is 16.2 Å². The smallest absolute Gasteiger partial charge is 0.142 e. The second kappa shape index (κ2) is 4.82. The summed E-state index contributed by atoms with van der Waals surface area (Å²) in [7, 11) is 0. The average molecular weight is 203 g/mol.